The first-order valence-electron chi connectivity index (χ1n) is 8.32. The van der Waals surface area contributed by atoms with E-state index in [-0.39, 0.29) is 0 Å². The first-order chi connectivity index (χ1) is 12.5. The summed E-state index contributed by atoms with van der Waals surface area (Å²) in [5.74, 6) is 0.775. The van der Waals surface area contributed by atoms with Gasteiger partial charge in [-0.2, -0.15) is 9.57 Å². The molecule has 0 N–H and O–H groups in total. The molecule has 1 aromatic heterocycles. The van der Waals surface area contributed by atoms with Crippen LogP contribution in [0.25, 0.3) is 5.57 Å². The van der Waals surface area contributed by atoms with Crippen LogP contribution >= 0.6 is 11.3 Å². The molecule has 0 bridgehead atoms. The molecule has 2 aliphatic rings. The number of hydrogen-bond donors (Lipinski definition) is 0. The average molecular weight is 387 g/mol. The largest absolute Gasteiger partial charge is 0.493 e. The highest BCUT2D eigenvalue weighted by molar-refractivity contribution is 7.89. The van der Waals surface area contributed by atoms with E-state index in [9.17, 15) is 8.42 Å². The van der Waals surface area contributed by atoms with Crippen molar-refractivity contribution in [3.8, 4) is 11.8 Å². The molecule has 0 atom stereocenters. The summed E-state index contributed by atoms with van der Waals surface area (Å²) < 4.78 is 32.8. The minimum Gasteiger partial charge on any atom is -0.493 e. The Morgan fingerprint density at radius 1 is 1.35 bits per heavy atom. The second-order valence-electron chi connectivity index (χ2n) is 6.25. The maximum Gasteiger partial charge on any atom is 0.243 e. The Balaban J connectivity index is 1.57. The van der Waals surface area contributed by atoms with E-state index in [1.807, 2.05) is 13.0 Å². The summed E-state index contributed by atoms with van der Waals surface area (Å²) in [6.45, 7) is 3.25. The van der Waals surface area contributed by atoms with Gasteiger partial charge in [-0.25, -0.2) is 13.4 Å². The molecule has 0 radical (unpaired) electrons. The van der Waals surface area contributed by atoms with Gasteiger partial charge in [0, 0.05) is 24.4 Å². The van der Waals surface area contributed by atoms with Gasteiger partial charge >= 0.3 is 0 Å². The normalized spacial score (nSPS) is 17.3. The third-order valence-electron chi connectivity index (χ3n) is 4.67. The van der Waals surface area contributed by atoms with E-state index < -0.39 is 10.0 Å². The Labute approximate surface area is 156 Å². The van der Waals surface area contributed by atoms with Gasteiger partial charge < -0.3 is 4.74 Å². The summed E-state index contributed by atoms with van der Waals surface area (Å²) in [6.07, 6.45) is 3.23. The molecule has 6 nitrogen and oxygen atoms in total. The zero-order valence-electron chi connectivity index (χ0n) is 14.2. The highest BCUT2D eigenvalue weighted by atomic mass is 32.2. The number of aromatic nitrogens is 1. The van der Waals surface area contributed by atoms with Crippen molar-refractivity contribution in [2.45, 2.75) is 24.7 Å². The van der Waals surface area contributed by atoms with Crippen LogP contribution in [0.1, 0.15) is 27.6 Å². The molecule has 134 valence electrons. The first-order valence-corrected chi connectivity index (χ1v) is 10.6. The standard InChI is InChI=1S/C18H17N3O3S2/c1-12-18(20-17(11-19)25-12)13-4-7-21(8-5-13)26(22,23)15-2-3-16-14(10-15)6-9-24-16/h2-4,10H,5-9H2,1H3. The summed E-state index contributed by atoms with van der Waals surface area (Å²) in [6, 6.07) is 7.14. The molecule has 0 amide bonds. The summed E-state index contributed by atoms with van der Waals surface area (Å²) >= 11 is 1.37. The van der Waals surface area contributed by atoms with Gasteiger partial charge in [0.15, 0.2) is 5.01 Å². The molecule has 0 unspecified atom stereocenters. The number of thiazole rings is 1. The number of ether oxygens (including phenoxy) is 1. The smallest absolute Gasteiger partial charge is 0.243 e. The second kappa shape index (κ2) is 6.50. The molecule has 26 heavy (non-hydrogen) atoms. The van der Waals surface area contributed by atoms with Crippen molar-refractivity contribution in [3.05, 3.63) is 45.4 Å². The van der Waals surface area contributed by atoms with Crippen LogP contribution in [0.3, 0.4) is 0 Å². The second-order valence-corrected chi connectivity index (χ2v) is 9.39. The van der Waals surface area contributed by atoms with E-state index in [1.165, 1.54) is 15.6 Å². The number of sulfonamides is 1. The van der Waals surface area contributed by atoms with Crippen LogP contribution < -0.4 is 4.74 Å². The maximum absolute atomic E-state index is 12.9. The molecule has 3 heterocycles. The molecule has 2 aromatic rings. The zero-order valence-corrected chi connectivity index (χ0v) is 15.9. The summed E-state index contributed by atoms with van der Waals surface area (Å²) in [5.41, 5.74) is 2.77. The van der Waals surface area contributed by atoms with Crippen LogP contribution in [-0.2, 0) is 16.4 Å². The number of nitriles is 1. The van der Waals surface area contributed by atoms with Crippen LogP contribution in [0.15, 0.2) is 29.2 Å². The van der Waals surface area contributed by atoms with Crippen LogP contribution in [-0.4, -0.2) is 37.4 Å². The molecule has 8 heteroatoms. The molecular formula is C18H17N3O3S2. The van der Waals surface area contributed by atoms with Crippen LogP contribution in [0, 0.1) is 18.3 Å². The van der Waals surface area contributed by atoms with Gasteiger partial charge in [-0.05, 0) is 42.7 Å². The average Bonchev–Trinajstić information content (AvgIpc) is 3.27. The van der Waals surface area contributed by atoms with Crippen molar-refractivity contribution in [1.82, 2.24) is 9.29 Å². The van der Waals surface area contributed by atoms with E-state index in [0.717, 1.165) is 33.9 Å². The minimum atomic E-state index is -3.54. The van der Waals surface area contributed by atoms with Gasteiger partial charge in [0.1, 0.15) is 11.8 Å². The Morgan fingerprint density at radius 2 is 2.19 bits per heavy atom. The van der Waals surface area contributed by atoms with E-state index in [1.54, 1.807) is 18.2 Å². The number of aryl methyl sites for hydroxylation is 1. The third-order valence-corrected chi connectivity index (χ3v) is 7.40. The fraction of sp³-hybridized carbons (Fsp3) is 0.333. The number of nitrogens with zero attached hydrogens (tertiary/aromatic N) is 3. The molecule has 0 aliphatic carbocycles. The molecule has 0 fully saturated rings. The summed E-state index contributed by atoms with van der Waals surface area (Å²) in [5, 5.41) is 9.44. The first kappa shape index (κ1) is 17.2. The van der Waals surface area contributed by atoms with Crippen molar-refractivity contribution >= 4 is 26.9 Å². The predicted molar refractivity (Wildman–Crippen MR) is 98.6 cm³/mol. The summed E-state index contributed by atoms with van der Waals surface area (Å²) in [4.78, 5) is 5.65. The topological polar surface area (TPSA) is 83.3 Å². The van der Waals surface area contributed by atoms with E-state index >= 15 is 0 Å². The lowest BCUT2D eigenvalue weighted by atomic mass is 10.1. The van der Waals surface area contributed by atoms with Gasteiger partial charge in [0.05, 0.1) is 17.2 Å². The van der Waals surface area contributed by atoms with E-state index in [2.05, 4.69) is 11.1 Å². The molecule has 0 saturated carbocycles. The maximum atomic E-state index is 12.9. The van der Waals surface area contributed by atoms with Crippen LogP contribution in [0.2, 0.25) is 0 Å². The monoisotopic (exact) mass is 387 g/mol. The van der Waals surface area contributed by atoms with Gasteiger partial charge in [0.25, 0.3) is 0 Å². The van der Waals surface area contributed by atoms with Crippen LogP contribution in [0.4, 0.5) is 0 Å². The minimum absolute atomic E-state index is 0.310. The highest BCUT2D eigenvalue weighted by Gasteiger charge is 2.28. The Kier molecular flexibility index (Phi) is 4.31. The van der Waals surface area contributed by atoms with Gasteiger partial charge in [0.2, 0.25) is 10.0 Å². The molecule has 0 saturated heterocycles. The quantitative estimate of drug-likeness (QED) is 0.809. The van der Waals surface area contributed by atoms with Crippen molar-refractivity contribution in [2.75, 3.05) is 19.7 Å². The molecular weight excluding hydrogens is 370 g/mol. The third kappa shape index (κ3) is 2.92. The van der Waals surface area contributed by atoms with Gasteiger partial charge in [-0.3, -0.25) is 0 Å². The number of benzene rings is 1. The zero-order chi connectivity index (χ0) is 18.3. The lowest BCUT2D eigenvalue weighted by Crippen LogP contribution is -2.34. The van der Waals surface area contributed by atoms with Crippen molar-refractivity contribution in [3.63, 3.8) is 0 Å². The van der Waals surface area contributed by atoms with E-state index in [4.69, 9.17) is 10.00 Å². The molecule has 1 aromatic carbocycles. The predicted octanol–water partition coefficient (Wildman–Crippen LogP) is 2.74. The Hall–Kier alpha value is -2.21. The lowest BCUT2D eigenvalue weighted by molar-refractivity contribution is 0.356. The SMILES string of the molecule is Cc1sc(C#N)nc1C1=CCN(S(=O)(=O)c2ccc3c(c2)CCO3)CC1. The fourth-order valence-electron chi connectivity index (χ4n) is 3.30. The van der Waals surface area contributed by atoms with Gasteiger partial charge in [-0.1, -0.05) is 6.08 Å². The van der Waals surface area contributed by atoms with E-state index in [0.29, 0.717) is 36.0 Å². The van der Waals surface area contributed by atoms with Crippen LogP contribution in [0.5, 0.6) is 5.75 Å². The summed E-state index contributed by atoms with van der Waals surface area (Å²) in [7, 11) is -3.54. The van der Waals surface area contributed by atoms with Crippen molar-refractivity contribution < 1.29 is 13.2 Å². The number of rotatable bonds is 3. The fourth-order valence-corrected chi connectivity index (χ4v) is 5.48. The number of fused-ring (bicyclic) bond motifs is 1. The highest BCUT2D eigenvalue weighted by Crippen LogP contribution is 2.32. The Morgan fingerprint density at radius 3 is 2.88 bits per heavy atom. The van der Waals surface area contributed by atoms with Crippen molar-refractivity contribution in [1.29, 1.82) is 5.26 Å². The Bertz CT molecular complexity index is 1050. The van der Waals surface area contributed by atoms with Gasteiger partial charge in [-0.15, -0.1) is 11.3 Å². The van der Waals surface area contributed by atoms with Crippen molar-refractivity contribution in [2.24, 2.45) is 0 Å². The number of hydrogen-bond acceptors (Lipinski definition) is 6. The lowest BCUT2D eigenvalue weighted by Gasteiger charge is -2.25. The molecule has 2 aliphatic heterocycles. The molecule has 0 spiro atoms. The molecule has 4 rings (SSSR count).